The summed E-state index contributed by atoms with van der Waals surface area (Å²) in [6.07, 6.45) is 3.01. The number of rotatable bonds is 6. The normalized spacial score (nSPS) is 10.8. The molecule has 0 aliphatic rings. The van der Waals surface area contributed by atoms with E-state index in [2.05, 4.69) is 10.2 Å². The zero-order chi connectivity index (χ0) is 13.0. The summed E-state index contributed by atoms with van der Waals surface area (Å²) in [5, 5.41) is 8.44. The fraction of sp³-hybridized carbons (Fsp3) is 0.417. The summed E-state index contributed by atoms with van der Waals surface area (Å²) >= 11 is 1.46. The molecule has 0 saturated carbocycles. The Hall–Kier alpha value is -1.56. The predicted octanol–water partition coefficient (Wildman–Crippen LogP) is 3.10. The van der Waals surface area contributed by atoms with Gasteiger partial charge in [-0.15, -0.1) is 10.2 Å². The van der Waals surface area contributed by atoms with Crippen LogP contribution < -0.4 is 0 Å². The van der Waals surface area contributed by atoms with Crippen molar-refractivity contribution in [3.8, 4) is 11.5 Å². The highest BCUT2D eigenvalue weighted by molar-refractivity contribution is 7.99. The van der Waals surface area contributed by atoms with Crippen molar-refractivity contribution in [2.45, 2.75) is 31.9 Å². The van der Waals surface area contributed by atoms with E-state index in [1.807, 2.05) is 6.92 Å². The van der Waals surface area contributed by atoms with Gasteiger partial charge in [0.15, 0.2) is 0 Å². The summed E-state index contributed by atoms with van der Waals surface area (Å²) in [5.74, 6) is 2.23. The standard InChI is InChI=1S/C12H14N2O3S/c1-8(15)4-3-7-18-12-14-13-11(17-12)10-5-6-16-9(10)2/h5-6H,3-4,7H2,1-2H3. The molecule has 0 aromatic carbocycles. The lowest BCUT2D eigenvalue weighted by Crippen LogP contribution is -1.90. The lowest BCUT2D eigenvalue weighted by Gasteiger charge is -1.94. The van der Waals surface area contributed by atoms with Crippen LogP contribution in [0.3, 0.4) is 0 Å². The smallest absolute Gasteiger partial charge is 0.276 e. The zero-order valence-electron chi connectivity index (χ0n) is 10.3. The summed E-state index contributed by atoms with van der Waals surface area (Å²) in [6, 6.07) is 1.80. The topological polar surface area (TPSA) is 69.1 Å². The Balaban J connectivity index is 1.91. The van der Waals surface area contributed by atoms with E-state index < -0.39 is 0 Å². The molecule has 0 aliphatic heterocycles. The molecule has 18 heavy (non-hydrogen) atoms. The summed E-state index contributed by atoms with van der Waals surface area (Å²) in [6.45, 7) is 3.44. The number of carbonyl (C=O) groups excluding carboxylic acids is 1. The molecule has 2 aromatic rings. The minimum Gasteiger partial charge on any atom is -0.469 e. The first-order valence-electron chi connectivity index (χ1n) is 5.67. The van der Waals surface area contributed by atoms with Gasteiger partial charge < -0.3 is 13.6 Å². The monoisotopic (exact) mass is 266 g/mol. The molecule has 0 N–H and O–H groups in total. The number of aryl methyl sites for hydroxylation is 1. The first-order chi connectivity index (χ1) is 8.66. The molecule has 0 fully saturated rings. The van der Waals surface area contributed by atoms with Crippen molar-refractivity contribution >= 4 is 17.5 Å². The van der Waals surface area contributed by atoms with Gasteiger partial charge in [0, 0.05) is 12.2 Å². The van der Waals surface area contributed by atoms with E-state index in [9.17, 15) is 4.79 Å². The van der Waals surface area contributed by atoms with Crippen molar-refractivity contribution in [1.82, 2.24) is 10.2 Å². The number of thioether (sulfide) groups is 1. The van der Waals surface area contributed by atoms with Crippen LogP contribution in [0.15, 0.2) is 26.4 Å². The number of hydrogen-bond donors (Lipinski definition) is 0. The first-order valence-corrected chi connectivity index (χ1v) is 6.65. The molecule has 6 heteroatoms. The average molecular weight is 266 g/mol. The van der Waals surface area contributed by atoms with Crippen LogP contribution >= 0.6 is 11.8 Å². The van der Waals surface area contributed by atoms with Gasteiger partial charge in [0.05, 0.1) is 11.8 Å². The molecule has 2 heterocycles. The van der Waals surface area contributed by atoms with Crippen LogP contribution in [0.2, 0.25) is 0 Å². The highest BCUT2D eigenvalue weighted by Crippen LogP contribution is 2.26. The van der Waals surface area contributed by atoms with Crippen LogP contribution in [0.4, 0.5) is 0 Å². The van der Waals surface area contributed by atoms with Gasteiger partial charge in [-0.2, -0.15) is 0 Å². The third-order valence-corrected chi connectivity index (χ3v) is 3.30. The first kappa shape index (κ1) is 12.9. The number of carbonyl (C=O) groups is 1. The molecular weight excluding hydrogens is 252 g/mol. The number of furan rings is 1. The Kier molecular flexibility index (Phi) is 4.19. The number of ketones is 1. The number of aromatic nitrogens is 2. The van der Waals surface area contributed by atoms with Crippen molar-refractivity contribution in [2.24, 2.45) is 0 Å². The maximum Gasteiger partial charge on any atom is 0.276 e. The lowest BCUT2D eigenvalue weighted by molar-refractivity contribution is -0.117. The molecule has 0 spiro atoms. The van der Waals surface area contributed by atoms with Crippen molar-refractivity contribution in [3.63, 3.8) is 0 Å². The minimum absolute atomic E-state index is 0.204. The maximum absolute atomic E-state index is 10.8. The van der Waals surface area contributed by atoms with Crippen molar-refractivity contribution in [2.75, 3.05) is 5.75 Å². The molecular formula is C12H14N2O3S. The van der Waals surface area contributed by atoms with E-state index >= 15 is 0 Å². The van der Waals surface area contributed by atoms with Crippen molar-refractivity contribution < 1.29 is 13.6 Å². The van der Waals surface area contributed by atoms with Crippen LogP contribution in [0.25, 0.3) is 11.5 Å². The minimum atomic E-state index is 0.204. The van der Waals surface area contributed by atoms with Gasteiger partial charge in [-0.3, -0.25) is 0 Å². The molecule has 0 amide bonds. The van der Waals surface area contributed by atoms with E-state index in [-0.39, 0.29) is 5.78 Å². The predicted molar refractivity (Wildman–Crippen MR) is 67.4 cm³/mol. The maximum atomic E-state index is 10.8. The van der Waals surface area contributed by atoms with Crippen LogP contribution in [-0.2, 0) is 4.79 Å². The van der Waals surface area contributed by atoms with E-state index in [1.54, 1.807) is 19.3 Å². The van der Waals surface area contributed by atoms with E-state index in [1.165, 1.54) is 11.8 Å². The average Bonchev–Trinajstić information content (AvgIpc) is 2.92. The third-order valence-electron chi connectivity index (χ3n) is 2.39. The Morgan fingerprint density at radius 3 is 2.94 bits per heavy atom. The van der Waals surface area contributed by atoms with Gasteiger partial charge in [0.25, 0.3) is 11.1 Å². The molecule has 0 saturated heterocycles. The SMILES string of the molecule is CC(=O)CCCSc1nnc(-c2ccoc2C)o1. The molecule has 2 aromatic heterocycles. The molecule has 0 bridgehead atoms. The molecule has 0 atom stereocenters. The fourth-order valence-electron chi connectivity index (χ4n) is 1.46. The second-order valence-corrected chi connectivity index (χ2v) is 4.96. The zero-order valence-corrected chi connectivity index (χ0v) is 11.1. The van der Waals surface area contributed by atoms with Gasteiger partial charge in [-0.25, -0.2) is 0 Å². The van der Waals surface area contributed by atoms with E-state index in [4.69, 9.17) is 8.83 Å². The number of hydrogen-bond acceptors (Lipinski definition) is 6. The van der Waals surface area contributed by atoms with Gasteiger partial charge >= 0.3 is 0 Å². The summed E-state index contributed by atoms with van der Waals surface area (Å²) in [5.41, 5.74) is 0.818. The van der Waals surface area contributed by atoms with Crippen molar-refractivity contribution in [1.29, 1.82) is 0 Å². The number of Topliss-reactive ketones (excluding diaryl/α,β-unsaturated/α-hetero) is 1. The second kappa shape index (κ2) is 5.86. The van der Waals surface area contributed by atoms with Gasteiger partial charge in [0.2, 0.25) is 0 Å². The highest BCUT2D eigenvalue weighted by Gasteiger charge is 2.12. The molecule has 96 valence electrons. The summed E-state index contributed by atoms with van der Waals surface area (Å²) < 4.78 is 10.7. The largest absolute Gasteiger partial charge is 0.469 e. The molecule has 0 aliphatic carbocycles. The molecule has 0 radical (unpaired) electrons. The van der Waals surface area contributed by atoms with Gasteiger partial charge in [0.1, 0.15) is 11.5 Å². The third kappa shape index (κ3) is 3.22. The Labute approximate surface area is 109 Å². The Morgan fingerprint density at radius 2 is 2.28 bits per heavy atom. The van der Waals surface area contributed by atoms with Crippen molar-refractivity contribution in [3.05, 3.63) is 18.1 Å². The molecule has 0 unspecified atom stereocenters. The van der Waals surface area contributed by atoms with Gasteiger partial charge in [-0.05, 0) is 26.3 Å². The Morgan fingerprint density at radius 1 is 1.44 bits per heavy atom. The van der Waals surface area contributed by atoms with Gasteiger partial charge in [-0.1, -0.05) is 11.8 Å². The summed E-state index contributed by atoms with van der Waals surface area (Å²) in [4.78, 5) is 10.8. The fourth-order valence-corrected chi connectivity index (χ4v) is 2.16. The van der Waals surface area contributed by atoms with Crippen LogP contribution in [0.5, 0.6) is 0 Å². The molecule has 2 rings (SSSR count). The van der Waals surface area contributed by atoms with E-state index in [0.29, 0.717) is 17.5 Å². The highest BCUT2D eigenvalue weighted by atomic mass is 32.2. The van der Waals surface area contributed by atoms with E-state index in [0.717, 1.165) is 23.5 Å². The number of nitrogens with zero attached hydrogens (tertiary/aromatic N) is 2. The Bertz CT molecular complexity index is 533. The molecule has 5 nitrogen and oxygen atoms in total. The summed E-state index contributed by atoms with van der Waals surface area (Å²) in [7, 11) is 0. The van der Waals surface area contributed by atoms with Crippen LogP contribution in [0, 0.1) is 6.92 Å². The lowest BCUT2D eigenvalue weighted by atomic mass is 10.3. The quantitative estimate of drug-likeness (QED) is 0.591. The van der Waals surface area contributed by atoms with Crippen LogP contribution in [0.1, 0.15) is 25.5 Å². The second-order valence-electron chi connectivity index (χ2n) is 3.92. The van der Waals surface area contributed by atoms with Crippen LogP contribution in [-0.4, -0.2) is 21.7 Å².